The number of carbonyl (C=O) groups is 1. The minimum absolute atomic E-state index is 0.205. The number of piperazine rings is 1. The van der Waals surface area contributed by atoms with Gasteiger partial charge in [0.05, 0.1) is 5.54 Å². The zero-order chi connectivity index (χ0) is 13.1. The fourth-order valence-electron chi connectivity index (χ4n) is 1.96. The van der Waals surface area contributed by atoms with E-state index in [1.54, 1.807) is 6.08 Å². The number of nitrogens with one attached hydrogen (secondary N) is 1. The third kappa shape index (κ3) is 3.46. The van der Waals surface area contributed by atoms with Crippen molar-refractivity contribution >= 4 is 6.09 Å². The van der Waals surface area contributed by atoms with Crippen LogP contribution in [0.1, 0.15) is 27.7 Å². The van der Waals surface area contributed by atoms with E-state index in [-0.39, 0.29) is 18.2 Å². The maximum absolute atomic E-state index is 12.0. The molecule has 1 rings (SSSR count). The van der Waals surface area contributed by atoms with Crippen molar-refractivity contribution in [2.75, 3.05) is 19.7 Å². The highest BCUT2D eigenvalue weighted by atomic mass is 16.6. The third-order valence-corrected chi connectivity index (χ3v) is 3.26. The molecular formula is C13H24N2O2. The van der Waals surface area contributed by atoms with Crippen LogP contribution < -0.4 is 5.32 Å². The molecule has 1 unspecified atom stereocenters. The van der Waals surface area contributed by atoms with Gasteiger partial charge in [-0.1, -0.05) is 26.5 Å². The quantitative estimate of drug-likeness (QED) is 0.767. The predicted molar refractivity (Wildman–Crippen MR) is 69.0 cm³/mol. The highest BCUT2D eigenvalue weighted by Gasteiger charge is 2.38. The van der Waals surface area contributed by atoms with E-state index in [0.29, 0.717) is 18.5 Å². The summed E-state index contributed by atoms with van der Waals surface area (Å²) in [6, 6.07) is 0.333. The van der Waals surface area contributed by atoms with Crippen molar-refractivity contribution in [1.29, 1.82) is 0 Å². The van der Waals surface area contributed by atoms with E-state index in [4.69, 9.17) is 4.74 Å². The van der Waals surface area contributed by atoms with Crippen LogP contribution in [0.2, 0.25) is 0 Å². The summed E-state index contributed by atoms with van der Waals surface area (Å²) in [5.41, 5.74) is -0.205. The highest BCUT2D eigenvalue weighted by molar-refractivity contribution is 5.69. The van der Waals surface area contributed by atoms with E-state index in [9.17, 15) is 4.79 Å². The van der Waals surface area contributed by atoms with Gasteiger partial charge in [0.1, 0.15) is 6.61 Å². The van der Waals surface area contributed by atoms with Crippen molar-refractivity contribution in [2.24, 2.45) is 5.92 Å². The lowest BCUT2D eigenvalue weighted by molar-refractivity contribution is 0.0369. The van der Waals surface area contributed by atoms with Crippen LogP contribution in [0.5, 0.6) is 0 Å². The number of amides is 1. The lowest BCUT2D eigenvalue weighted by atomic mass is 9.93. The second kappa shape index (κ2) is 5.54. The Balaban J connectivity index is 2.70. The van der Waals surface area contributed by atoms with Gasteiger partial charge in [0.25, 0.3) is 0 Å². The molecule has 0 bridgehead atoms. The molecule has 1 atom stereocenters. The Morgan fingerprint density at radius 1 is 1.65 bits per heavy atom. The summed E-state index contributed by atoms with van der Waals surface area (Å²) in [6.45, 7) is 13.7. The first-order valence-electron chi connectivity index (χ1n) is 6.17. The van der Waals surface area contributed by atoms with Crippen LogP contribution in [0.25, 0.3) is 0 Å². The molecule has 17 heavy (non-hydrogen) atoms. The first-order chi connectivity index (χ1) is 7.88. The number of hydrogen-bond acceptors (Lipinski definition) is 3. The van der Waals surface area contributed by atoms with Crippen molar-refractivity contribution in [3.63, 3.8) is 0 Å². The molecule has 0 aromatic heterocycles. The minimum atomic E-state index is -0.248. The Bertz CT molecular complexity index is 287. The van der Waals surface area contributed by atoms with Gasteiger partial charge in [0, 0.05) is 19.1 Å². The van der Waals surface area contributed by atoms with Gasteiger partial charge < -0.3 is 15.0 Å². The molecule has 0 aromatic rings. The van der Waals surface area contributed by atoms with Crippen molar-refractivity contribution in [2.45, 2.75) is 39.3 Å². The molecule has 1 saturated heterocycles. The van der Waals surface area contributed by atoms with E-state index in [1.807, 2.05) is 18.7 Å². The summed E-state index contributed by atoms with van der Waals surface area (Å²) in [5, 5.41) is 3.48. The molecule has 98 valence electrons. The van der Waals surface area contributed by atoms with E-state index in [0.717, 1.165) is 6.54 Å². The minimum Gasteiger partial charge on any atom is -0.445 e. The second-order valence-electron chi connectivity index (χ2n) is 5.52. The Morgan fingerprint density at radius 3 is 2.82 bits per heavy atom. The average Bonchev–Trinajstić information content (AvgIpc) is 2.25. The Hall–Kier alpha value is -1.03. The fourth-order valence-corrected chi connectivity index (χ4v) is 1.96. The first kappa shape index (κ1) is 14.0. The number of ether oxygens (including phenoxy) is 1. The zero-order valence-electron chi connectivity index (χ0n) is 11.3. The van der Waals surface area contributed by atoms with Gasteiger partial charge >= 0.3 is 6.09 Å². The van der Waals surface area contributed by atoms with Crippen LogP contribution >= 0.6 is 0 Å². The lowest BCUT2D eigenvalue weighted by Gasteiger charge is -2.46. The molecule has 0 aliphatic carbocycles. The van der Waals surface area contributed by atoms with Crippen LogP contribution in [-0.4, -0.2) is 42.3 Å². The Morgan fingerprint density at radius 2 is 2.29 bits per heavy atom. The van der Waals surface area contributed by atoms with Crippen LogP contribution in [0, 0.1) is 5.92 Å². The highest BCUT2D eigenvalue weighted by Crippen LogP contribution is 2.22. The second-order valence-corrected chi connectivity index (χ2v) is 5.52. The summed E-state index contributed by atoms with van der Waals surface area (Å²) in [4.78, 5) is 13.8. The van der Waals surface area contributed by atoms with Gasteiger partial charge in [0.15, 0.2) is 0 Å². The molecule has 1 heterocycles. The number of nitrogens with zero attached hydrogens (tertiary/aromatic N) is 1. The van der Waals surface area contributed by atoms with E-state index >= 15 is 0 Å². The topological polar surface area (TPSA) is 41.6 Å². The number of rotatable bonds is 3. The Kier molecular flexibility index (Phi) is 4.57. The van der Waals surface area contributed by atoms with Crippen LogP contribution in [0.3, 0.4) is 0 Å². The lowest BCUT2D eigenvalue weighted by Crippen LogP contribution is -2.64. The number of carbonyl (C=O) groups excluding carboxylic acids is 1. The van der Waals surface area contributed by atoms with Gasteiger partial charge in [-0.3, -0.25) is 0 Å². The van der Waals surface area contributed by atoms with Gasteiger partial charge in [-0.25, -0.2) is 4.79 Å². The van der Waals surface area contributed by atoms with Crippen molar-refractivity contribution in [3.8, 4) is 0 Å². The van der Waals surface area contributed by atoms with Gasteiger partial charge in [-0.15, -0.1) is 0 Å². The SMILES string of the molecule is C=CCOC(=O)N1CC(C(C)C)NCC1(C)C. The summed E-state index contributed by atoms with van der Waals surface area (Å²) in [5.74, 6) is 0.501. The molecule has 0 saturated carbocycles. The molecule has 1 aliphatic rings. The monoisotopic (exact) mass is 240 g/mol. The van der Waals surface area contributed by atoms with E-state index in [1.165, 1.54) is 0 Å². The van der Waals surface area contributed by atoms with Crippen LogP contribution in [-0.2, 0) is 4.74 Å². The maximum Gasteiger partial charge on any atom is 0.410 e. The first-order valence-corrected chi connectivity index (χ1v) is 6.17. The van der Waals surface area contributed by atoms with Crippen LogP contribution in [0.15, 0.2) is 12.7 Å². The normalized spacial score (nSPS) is 23.6. The Labute approximate surface area is 104 Å². The summed E-state index contributed by atoms with van der Waals surface area (Å²) < 4.78 is 5.14. The van der Waals surface area contributed by atoms with Gasteiger partial charge in [-0.05, 0) is 19.8 Å². The third-order valence-electron chi connectivity index (χ3n) is 3.26. The van der Waals surface area contributed by atoms with Crippen LogP contribution in [0.4, 0.5) is 4.79 Å². The summed E-state index contributed by atoms with van der Waals surface area (Å²) in [6.07, 6.45) is 1.34. The molecule has 0 radical (unpaired) electrons. The molecule has 1 fully saturated rings. The molecule has 4 heteroatoms. The molecule has 1 N–H and O–H groups in total. The molecule has 1 amide bonds. The smallest absolute Gasteiger partial charge is 0.410 e. The number of hydrogen-bond donors (Lipinski definition) is 1. The fraction of sp³-hybridized carbons (Fsp3) is 0.769. The van der Waals surface area contributed by atoms with Crippen molar-refractivity contribution < 1.29 is 9.53 Å². The summed E-state index contributed by atoms with van der Waals surface area (Å²) >= 11 is 0. The molecule has 0 aromatic carbocycles. The molecule has 4 nitrogen and oxygen atoms in total. The van der Waals surface area contributed by atoms with Crippen molar-refractivity contribution in [3.05, 3.63) is 12.7 Å². The molecule has 0 spiro atoms. The molecular weight excluding hydrogens is 216 g/mol. The largest absolute Gasteiger partial charge is 0.445 e. The average molecular weight is 240 g/mol. The standard InChI is InChI=1S/C13H24N2O2/c1-6-7-17-12(16)15-8-11(10(2)3)14-9-13(15,4)5/h6,10-11,14H,1,7-9H2,2-5H3. The van der Waals surface area contributed by atoms with E-state index < -0.39 is 0 Å². The van der Waals surface area contributed by atoms with Gasteiger partial charge in [0.2, 0.25) is 0 Å². The maximum atomic E-state index is 12.0. The predicted octanol–water partition coefficient (Wildman–Crippen LogP) is 2.02. The molecule has 1 aliphatic heterocycles. The summed E-state index contributed by atoms with van der Waals surface area (Å²) in [7, 11) is 0. The van der Waals surface area contributed by atoms with E-state index in [2.05, 4.69) is 25.7 Å². The zero-order valence-corrected chi connectivity index (χ0v) is 11.3. The van der Waals surface area contributed by atoms with Gasteiger partial charge in [-0.2, -0.15) is 0 Å². The van der Waals surface area contributed by atoms with Crippen molar-refractivity contribution in [1.82, 2.24) is 10.2 Å².